The number of anilines is 1. The van der Waals surface area contributed by atoms with E-state index in [1.54, 1.807) is 31.6 Å². The molecule has 9 heteroatoms. The van der Waals surface area contributed by atoms with Gasteiger partial charge in [-0.2, -0.15) is 0 Å². The lowest BCUT2D eigenvalue weighted by atomic mass is 9.99. The van der Waals surface area contributed by atoms with Crippen LogP contribution >= 0.6 is 0 Å². The molecule has 1 atom stereocenters. The number of amides is 1. The normalized spacial score (nSPS) is 14.6. The van der Waals surface area contributed by atoms with Crippen molar-refractivity contribution in [3.8, 4) is 5.69 Å². The maximum absolute atomic E-state index is 14.1. The van der Waals surface area contributed by atoms with Crippen molar-refractivity contribution in [1.29, 1.82) is 0 Å². The average Bonchev–Trinajstić information content (AvgIpc) is 3.15. The van der Waals surface area contributed by atoms with Crippen molar-refractivity contribution in [1.82, 2.24) is 19.7 Å². The van der Waals surface area contributed by atoms with Gasteiger partial charge in [0, 0.05) is 37.1 Å². The summed E-state index contributed by atoms with van der Waals surface area (Å²) in [5.41, 5.74) is 2.79. The highest BCUT2D eigenvalue weighted by molar-refractivity contribution is 5.75. The summed E-state index contributed by atoms with van der Waals surface area (Å²) >= 11 is 0. The fourth-order valence-corrected chi connectivity index (χ4v) is 3.07. The van der Waals surface area contributed by atoms with Crippen LogP contribution in [0.15, 0.2) is 36.7 Å². The number of likely N-dealkylation sites (tertiary alicyclic amines) is 1. The van der Waals surface area contributed by atoms with E-state index in [0.29, 0.717) is 37.3 Å². The van der Waals surface area contributed by atoms with E-state index in [1.165, 1.54) is 15.6 Å². The van der Waals surface area contributed by atoms with Crippen LogP contribution in [0.4, 0.5) is 14.5 Å². The van der Waals surface area contributed by atoms with Gasteiger partial charge >= 0.3 is 0 Å². The summed E-state index contributed by atoms with van der Waals surface area (Å²) in [4.78, 5) is 15.4. The van der Waals surface area contributed by atoms with Crippen molar-refractivity contribution < 1.29 is 18.7 Å². The van der Waals surface area contributed by atoms with Crippen molar-refractivity contribution in [2.24, 2.45) is 0 Å². The molecule has 30 heavy (non-hydrogen) atoms. The van der Waals surface area contributed by atoms with Gasteiger partial charge in [-0.3, -0.25) is 4.79 Å². The van der Waals surface area contributed by atoms with Crippen LogP contribution in [0.5, 0.6) is 0 Å². The first-order valence-corrected chi connectivity index (χ1v) is 9.72. The number of aromatic nitrogens is 3. The Bertz CT molecular complexity index is 1000. The van der Waals surface area contributed by atoms with Crippen molar-refractivity contribution in [2.45, 2.75) is 25.4 Å². The van der Waals surface area contributed by atoms with Crippen molar-refractivity contribution in [3.05, 3.63) is 48.0 Å². The molecule has 0 aliphatic carbocycles. The Morgan fingerprint density at radius 3 is 2.73 bits per heavy atom. The van der Waals surface area contributed by atoms with E-state index in [0.717, 1.165) is 16.6 Å². The maximum Gasteiger partial charge on any atom is 0.209 e. The van der Waals surface area contributed by atoms with Gasteiger partial charge in [0.1, 0.15) is 17.7 Å². The summed E-state index contributed by atoms with van der Waals surface area (Å²) in [6.07, 6.45) is 4.12. The molecule has 0 bridgehead atoms. The van der Waals surface area contributed by atoms with E-state index in [4.69, 9.17) is 5.11 Å². The third-order valence-electron chi connectivity index (χ3n) is 5.01. The van der Waals surface area contributed by atoms with E-state index in [-0.39, 0.29) is 18.3 Å². The van der Waals surface area contributed by atoms with Gasteiger partial charge in [-0.05, 0) is 42.2 Å². The van der Waals surface area contributed by atoms with Crippen LogP contribution in [0.2, 0.25) is 0 Å². The monoisotopic (exact) mass is 417 g/mol. The average molecular weight is 417 g/mol. The van der Waals surface area contributed by atoms with Crippen LogP contribution in [-0.2, 0) is 4.79 Å². The minimum Gasteiger partial charge on any atom is -0.396 e. The summed E-state index contributed by atoms with van der Waals surface area (Å²) in [7, 11) is 1.78. The lowest BCUT2D eigenvalue weighted by Crippen LogP contribution is -2.47. The van der Waals surface area contributed by atoms with Gasteiger partial charge in [-0.25, -0.2) is 18.4 Å². The van der Waals surface area contributed by atoms with Gasteiger partial charge in [-0.15, -0.1) is 5.10 Å². The number of fused-ring (bicyclic) bond motifs is 1. The Kier molecular flexibility index (Phi) is 6.94. The molecular formula is C21H25F2N5O2. The zero-order valence-corrected chi connectivity index (χ0v) is 16.9. The van der Waals surface area contributed by atoms with Crippen LogP contribution < -0.4 is 5.32 Å². The molecule has 1 aromatic carbocycles. The van der Waals surface area contributed by atoms with E-state index < -0.39 is 6.17 Å². The van der Waals surface area contributed by atoms with Crippen LogP contribution in [0.25, 0.3) is 16.7 Å². The SMILES string of the molecule is CNc1ccc(F)c(-n2cc3cc(C(C)CCO)cnc3n2)c1.O=CN1CC(F)C1. The number of hydrogen-bond acceptors (Lipinski definition) is 5. The van der Waals surface area contributed by atoms with E-state index >= 15 is 0 Å². The van der Waals surface area contributed by atoms with Crippen LogP contribution in [0.3, 0.4) is 0 Å². The highest BCUT2D eigenvalue weighted by Crippen LogP contribution is 2.24. The predicted molar refractivity (Wildman–Crippen MR) is 111 cm³/mol. The quantitative estimate of drug-likeness (QED) is 0.603. The number of carbonyl (C=O) groups excluding carboxylic acids is 1. The first-order chi connectivity index (χ1) is 14.4. The fourth-order valence-electron chi connectivity index (χ4n) is 3.07. The number of alkyl halides is 1. The topological polar surface area (TPSA) is 83.3 Å². The van der Waals surface area contributed by atoms with Gasteiger partial charge < -0.3 is 15.3 Å². The molecule has 1 unspecified atom stereocenters. The second-order valence-corrected chi connectivity index (χ2v) is 7.24. The number of aliphatic hydroxyl groups excluding tert-OH is 1. The second kappa shape index (κ2) is 9.62. The number of carbonyl (C=O) groups is 1. The molecule has 1 amide bonds. The summed E-state index contributed by atoms with van der Waals surface area (Å²) in [5, 5.41) is 17.3. The molecule has 0 radical (unpaired) electrons. The van der Waals surface area contributed by atoms with Crippen LogP contribution in [0.1, 0.15) is 24.8 Å². The van der Waals surface area contributed by atoms with Crippen LogP contribution in [0, 0.1) is 5.82 Å². The molecule has 160 valence electrons. The Morgan fingerprint density at radius 1 is 1.37 bits per heavy atom. The molecule has 1 saturated heterocycles. The molecule has 2 N–H and O–H groups in total. The Hall–Kier alpha value is -3.07. The van der Waals surface area contributed by atoms with Gasteiger partial charge in [0.2, 0.25) is 6.41 Å². The predicted octanol–water partition coefficient (Wildman–Crippen LogP) is 2.88. The number of rotatable bonds is 6. The van der Waals surface area contributed by atoms with Crippen molar-refractivity contribution in [2.75, 3.05) is 32.1 Å². The summed E-state index contributed by atoms with van der Waals surface area (Å²) in [5.74, 6) is -0.129. The number of halogens is 2. The van der Waals surface area contributed by atoms with Gasteiger partial charge in [0.25, 0.3) is 0 Å². The van der Waals surface area contributed by atoms with E-state index in [2.05, 4.69) is 15.4 Å². The first-order valence-electron chi connectivity index (χ1n) is 9.72. The minimum atomic E-state index is -0.759. The standard InChI is InChI=1S/C17H19FN4O.C4H6FNO/c1-11(5-6-23)12-7-13-10-22(21-17(13)20-9-12)16-8-14(19-2)3-4-15(16)18;5-4-1-6(2-4)3-7/h3-4,7-11,19,23H,5-6H2,1-2H3;3-4H,1-2H2. The molecule has 7 nitrogen and oxygen atoms in total. The molecule has 3 aromatic rings. The number of hydrogen-bond donors (Lipinski definition) is 2. The molecule has 0 spiro atoms. The number of aliphatic hydroxyl groups is 1. The smallest absolute Gasteiger partial charge is 0.209 e. The molecule has 1 aliphatic heterocycles. The Morgan fingerprint density at radius 2 is 2.13 bits per heavy atom. The number of nitrogens with one attached hydrogen (secondary N) is 1. The minimum absolute atomic E-state index is 0.139. The first kappa shape index (κ1) is 21.6. The lowest BCUT2D eigenvalue weighted by molar-refractivity contribution is -0.124. The van der Waals surface area contributed by atoms with Gasteiger partial charge in [-0.1, -0.05) is 6.92 Å². The molecular weight excluding hydrogens is 392 g/mol. The second-order valence-electron chi connectivity index (χ2n) is 7.24. The zero-order chi connectivity index (χ0) is 21.7. The summed E-state index contributed by atoms with van der Waals surface area (Å²) in [6.45, 7) is 2.77. The Labute approximate surface area is 173 Å². The molecule has 1 aliphatic rings. The summed E-state index contributed by atoms with van der Waals surface area (Å²) < 4.78 is 27.4. The molecule has 4 rings (SSSR count). The van der Waals surface area contributed by atoms with Gasteiger partial charge in [0.15, 0.2) is 5.65 Å². The highest BCUT2D eigenvalue weighted by atomic mass is 19.1. The fraction of sp³-hybridized carbons (Fsp3) is 0.381. The van der Waals surface area contributed by atoms with Crippen LogP contribution in [-0.4, -0.2) is 64.1 Å². The zero-order valence-electron chi connectivity index (χ0n) is 16.9. The number of nitrogens with zero attached hydrogens (tertiary/aromatic N) is 4. The van der Waals surface area contributed by atoms with Crippen molar-refractivity contribution in [3.63, 3.8) is 0 Å². The molecule has 0 saturated carbocycles. The molecule has 1 fully saturated rings. The highest BCUT2D eigenvalue weighted by Gasteiger charge is 2.23. The maximum atomic E-state index is 14.1. The third-order valence-corrected chi connectivity index (χ3v) is 5.01. The lowest BCUT2D eigenvalue weighted by Gasteiger charge is -2.29. The summed E-state index contributed by atoms with van der Waals surface area (Å²) in [6, 6.07) is 6.78. The number of benzene rings is 1. The number of pyridine rings is 1. The third kappa shape index (κ3) is 4.91. The van der Waals surface area contributed by atoms with Crippen molar-refractivity contribution >= 4 is 23.1 Å². The largest absolute Gasteiger partial charge is 0.396 e. The molecule has 3 heterocycles. The van der Waals surface area contributed by atoms with E-state index in [1.807, 2.05) is 13.0 Å². The van der Waals surface area contributed by atoms with Gasteiger partial charge in [0.05, 0.1) is 13.1 Å². The molecule has 2 aromatic heterocycles. The van der Waals surface area contributed by atoms with E-state index in [9.17, 15) is 13.6 Å². The Balaban J connectivity index is 0.000000310.